The first-order valence-corrected chi connectivity index (χ1v) is 6.74. The van der Waals surface area contributed by atoms with Crippen molar-refractivity contribution in [3.8, 4) is 0 Å². The zero-order valence-corrected chi connectivity index (χ0v) is 11.2. The van der Waals surface area contributed by atoms with Crippen LogP contribution in [-0.4, -0.2) is 21.1 Å². The van der Waals surface area contributed by atoms with Gasteiger partial charge in [-0.05, 0) is 26.0 Å². The largest absolute Gasteiger partial charge is 0.299 e. The van der Waals surface area contributed by atoms with Gasteiger partial charge in [0.15, 0.2) is 5.16 Å². The first-order chi connectivity index (χ1) is 8.63. The minimum Gasteiger partial charge on any atom is -0.299 e. The summed E-state index contributed by atoms with van der Waals surface area (Å²) in [5.74, 6) is 0.412. The van der Waals surface area contributed by atoms with Crippen LogP contribution < -0.4 is 5.56 Å². The van der Waals surface area contributed by atoms with Crippen molar-refractivity contribution in [2.45, 2.75) is 25.5 Å². The summed E-state index contributed by atoms with van der Waals surface area (Å²) in [6.45, 7) is 3.98. The van der Waals surface area contributed by atoms with Crippen LogP contribution in [0.4, 0.5) is 0 Å². The molecular weight excluding hydrogens is 248 g/mol. The number of para-hydroxylation sites is 1. The van der Waals surface area contributed by atoms with Gasteiger partial charge in [0.1, 0.15) is 5.78 Å². The summed E-state index contributed by atoms with van der Waals surface area (Å²) < 4.78 is 1.61. The number of Topliss-reactive ketones (excluding diaryl/α,β-unsaturated/α-hetero) is 1. The fraction of sp³-hybridized carbons (Fsp3) is 0.308. The molecule has 0 radical (unpaired) electrons. The van der Waals surface area contributed by atoms with E-state index in [1.807, 2.05) is 25.1 Å². The molecule has 1 aromatic carbocycles. The van der Waals surface area contributed by atoms with Crippen LogP contribution >= 0.6 is 11.8 Å². The highest BCUT2D eigenvalue weighted by atomic mass is 32.2. The van der Waals surface area contributed by atoms with E-state index in [-0.39, 0.29) is 11.3 Å². The first kappa shape index (κ1) is 12.8. The molecule has 0 N–H and O–H groups in total. The lowest BCUT2D eigenvalue weighted by molar-refractivity contribution is -0.114. The molecule has 0 atom stereocenters. The van der Waals surface area contributed by atoms with E-state index in [0.717, 1.165) is 0 Å². The summed E-state index contributed by atoms with van der Waals surface area (Å²) in [7, 11) is 0. The molecule has 18 heavy (non-hydrogen) atoms. The molecular formula is C13H14N2O2S. The average molecular weight is 262 g/mol. The van der Waals surface area contributed by atoms with Crippen LogP contribution in [0.3, 0.4) is 0 Å². The molecule has 0 saturated heterocycles. The smallest absolute Gasteiger partial charge is 0.262 e. The molecule has 4 nitrogen and oxygen atoms in total. The topological polar surface area (TPSA) is 52.0 Å². The maximum absolute atomic E-state index is 12.2. The van der Waals surface area contributed by atoms with E-state index in [1.54, 1.807) is 10.6 Å². The number of ketones is 1. The van der Waals surface area contributed by atoms with E-state index >= 15 is 0 Å². The van der Waals surface area contributed by atoms with Gasteiger partial charge in [-0.2, -0.15) is 0 Å². The van der Waals surface area contributed by atoms with Crippen molar-refractivity contribution in [2.24, 2.45) is 0 Å². The molecule has 1 aromatic heterocycles. The van der Waals surface area contributed by atoms with E-state index in [2.05, 4.69) is 4.98 Å². The van der Waals surface area contributed by atoms with Gasteiger partial charge in [0, 0.05) is 6.54 Å². The number of rotatable bonds is 4. The van der Waals surface area contributed by atoms with Crippen molar-refractivity contribution in [1.29, 1.82) is 0 Å². The maximum Gasteiger partial charge on any atom is 0.262 e. The van der Waals surface area contributed by atoms with Crippen molar-refractivity contribution >= 4 is 28.4 Å². The highest BCUT2D eigenvalue weighted by Gasteiger charge is 2.10. The molecule has 0 saturated carbocycles. The molecule has 5 heteroatoms. The van der Waals surface area contributed by atoms with Gasteiger partial charge in [-0.1, -0.05) is 23.9 Å². The standard InChI is InChI=1S/C13H14N2O2S/c1-3-15-12(17)10-6-4-5-7-11(10)14-13(15)18-8-9(2)16/h4-7H,3,8H2,1-2H3. The van der Waals surface area contributed by atoms with Crippen LogP contribution in [0.2, 0.25) is 0 Å². The van der Waals surface area contributed by atoms with Gasteiger partial charge in [-0.25, -0.2) is 4.98 Å². The molecule has 0 aliphatic rings. The zero-order chi connectivity index (χ0) is 13.1. The Labute approximate surface area is 109 Å². The SMILES string of the molecule is CCn1c(SCC(C)=O)nc2ccccc2c1=O. The number of hydrogen-bond donors (Lipinski definition) is 0. The van der Waals surface area contributed by atoms with Gasteiger partial charge in [0.05, 0.1) is 16.7 Å². The highest BCUT2D eigenvalue weighted by Crippen LogP contribution is 2.17. The zero-order valence-electron chi connectivity index (χ0n) is 10.3. The Kier molecular flexibility index (Phi) is 3.81. The van der Waals surface area contributed by atoms with Gasteiger partial charge in [-0.15, -0.1) is 0 Å². The Bertz CT molecular complexity index is 649. The van der Waals surface area contributed by atoms with Crippen LogP contribution in [0.5, 0.6) is 0 Å². The minimum atomic E-state index is -0.0471. The van der Waals surface area contributed by atoms with Crippen LogP contribution in [-0.2, 0) is 11.3 Å². The van der Waals surface area contributed by atoms with Gasteiger partial charge in [0.25, 0.3) is 5.56 Å². The third-order valence-electron chi connectivity index (χ3n) is 2.55. The molecule has 2 aromatic rings. The second-order valence-electron chi connectivity index (χ2n) is 3.95. The van der Waals surface area contributed by atoms with Crippen molar-refractivity contribution < 1.29 is 4.79 Å². The number of thioether (sulfide) groups is 1. The molecule has 0 bridgehead atoms. The van der Waals surface area contributed by atoms with Crippen LogP contribution in [0, 0.1) is 0 Å². The fourth-order valence-corrected chi connectivity index (χ4v) is 2.57. The Balaban J connectivity index is 2.58. The lowest BCUT2D eigenvalue weighted by Gasteiger charge is -2.10. The third kappa shape index (κ3) is 2.46. The Morgan fingerprint density at radius 1 is 1.39 bits per heavy atom. The number of fused-ring (bicyclic) bond motifs is 1. The average Bonchev–Trinajstić information content (AvgIpc) is 2.36. The van der Waals surface area contributed by atoms with Crippen LogP contribution in [0.25, 0.3) is 10.9 Å². The molecule has 0 amide bonds. The van der Waals surface area contributed by atoms with E-state index in [9.17, 15) is 9.59 Å². The third-order valence-corrected chi connectivity index (χ3v) is 3.67. The second kappa shape index (κ2) is 5.35. The maximum atomic E-state index is 12.2. The molecule has 0 spiro atoms. The molecule has 2 rings (SSSR count). The predicted molar refractivity (Wildman–Crippen MR) is 73.1 cm³/mol. The van der Waals surface area contributed by atoms with Gasteiger partial charge >= 0.3 is 0 Å². The molecule has 0 aliphatic heterocycles. The number of carbonyl (C=O) groups is 1. The molecule has 1 heterocycles. The number of nitrogens with zero attached hydrogens (tertiary/aromatic N) is 2. The number of benzene rings is 1. The predicted octanol–water partition coefficient (Wildman–Crippen LogP) is 2.10. The summed E-state index contributed by atoms with van der Waals surface area (Å²) in [6.07, 6.45) is 0. The minimum absolute atomic E-state index is 0.0471. The molecule has 94 valence electrons. The Morgan fingerprint density at radius 2 is 2.11 bits per heavy atom. The molecule has 0 unspecified atom stereocenters. The summed E-state index contributed by atoms with van der Waals surface area (Å²) in [6, 6.07) is 7.27. The fourth-order valence-electron chi connectivity index (χ4n) is 1.70. The summed E-state index contributed by atoms with van der Waals surface area (Å²) in [4.78, 5) is 27.7. The number of hydrogen-bond acceptors (Lipinski definition) is 4. The lowest BCUT2D eigenvalue weighted by Crippen LogP contribution is -2.22. The summed E-state index contributed by atoms with van der Waals surface area (Å²) in [5, 5.41) is 1.22. The van der Waals surface area contributed by atoms with Crippen LogP contribution in [0.1, 0.15) is 13.8 Å². The normalized spacial score (nSPS) is 10.8. The summed E-state index contributed by atoms with van der Waals surface area (Å²) >= 11 is 1.31. The Morgan fingerprint density at radius 3 is 2.78 bits per heavy atom. The van der Waals surface area contributed by atoms with Crippen molar-refractivity contribution in [3.63, 3.8) is 0 Å². The lowest BCUT2D eigenvalue weighted by atomic mass is 10.2. The highest BCUT2D eigenvalue weighted by molar-refractivity contribution is 7.99. The van der Waals surface area contributed by atoms with E-state index in [0.29, 0.717) is 28.4 Å². The van der Waals surface area contributed by atoms with E-state index in [1.165, 1.54) is 18.7 Å². The Hall–Kier alpha value is -1.62. The van der Waals surface area contributed by atoms with Gasteiger partial charge in [0.2, 0.25) is 0 Å². The molecule has 0 aliphatic carbocycles. The van der Waals surface area contributed by atoms with E-state index < -0.39 is 0 Å². The van der Waals surface area contributed by atoms with Gasteiger partial charge in [-0.3, -0.25) is 14.2 Å². The van der Waals surface area contributed by atoms with Crippen LogP contribution in [0.15, 0.2) is 34.2 Å². The van der Waals surface area contributed by atoms with E-state index in [4.69, 9.17) is 0 Å². The molecule has 0 fully saturated rings. The van der Waals surface area contributed by atoms with Crippen molar-refractivity contribution in [2.75, 3.05) is 5.75 Å². The van der Waals surface area contributed by atoms with Crippen molar-refractivity contribution in [3.05, 3.63) is 34.6 Å². The monoisotopic (exact) mass is 262 g/mol. The second-order valence-corrected chi connectivity index (χ2v) is 4.89. The number of aromatic nitrogens is 2. The summed E-state index contributed by atoms with van der Waals surface area (Å²) in [5.41, 5.74) is 0.632. The first-order valence-electron chi connectivity index (χ1n) is 5.75. The van der Waals surface area contributed by atoms with Gasteiger partial charge < -0.3 is 0 Å². The number of carbonyl (C=O) groups excluding carboxylic acids is 1. The quantitative estimate of drug-likeness (QED) is 0.625. The van der Waals surface area contributed by atoms with Crippen molar-refractivity contribution in [1.82, 2.24) is 9.55 Å².